The maximum Gasteiger partial charge on any atom is 0.220 e. The molecule has 0 aromatic heterocycles. The number of hydrogen-bond donors (Lipinski definition) is 1. The first kappa shape index (κ1) is 25.5. The van der Waals surface area contributed by atoms with E-state index in [0.29, 0.717) is 25.5 Å². The first-order chi connectivity index (χ1) is 17.1. The van der Waals surface area contributed by atoms with Gasteiger partial charge in [-0.1, -0.05) is 61.0 Å². The van der Waals surface area contributed by atoms with Gasteiger partial charge < -0.3 is 14.5 Å². The van der Waals surface area contributed by atoms with Crippen LogP contribution in [0.3, 0.4) is 0 Å². The fourth-order valence-corrected chi connectivity index (χ4v) is 5.53. The molecule has 0 spiro atoms. The van der Waals surface area contributed by atoms with E-state index in [4.69, 9.17) is 4.74 Å². The number of quaternary nitrogens is 1. The van der Waals surface area contributed by atoms with Crippen LogP contribution in [0.4, 0.5) is 0 Å². The number of carbonyl (C=O) groups is 1. The summed E-state index contributed by atoms with van der Waals surface area (Å²) in [7, 11) is 2.40. The highest BCUT2D eigenvalue weighted by molar-refractivity contribution is 5.76. The summed E-state index contributed by atoms with van der Waals surface area (Å²) in [5, 5.41) is 3.32. The Labute approximate surface area is 212 Å². The molecule has 2 aromatic rings. The minimum absolute atomic E-state index is 0.164. The molecule has 1 N–H and O–H groups in total. The summed E-state index contributed by atoms with van der Waals surface area (Å²) in [5.41, 5.74) is 4.05. The highest BCUT2D eigenvalue weighted by atomic mass is 16.5. The molecule has 0 bridgehead atoms. The Morgan fingerprint density at radius 1 is 0.971 bits per heavy atom. The van der Waals surface area contributed by atoms with Crippen molar-refractivity contribution >= 4 is 5.91 Å². The number of aryl methyl sites for hydroxylation is 1. The lowest BCUT2D eigenvalue weighted by molar-refractivity contribution is -0.910. The van der Waals surface area contributed by atoms with Gasteiger partial charge in [-0.2, -0.15) is 0 Å². The lowest BCUT2D eigenvalue weighted by Crippen LogP contribution is -2.54. The topological polar surface area (TPSA) is 38.3 Å². The van der Waals surface area contributed by atoms with E-state index in [1.807, 2.05) is 24.3 Å². The zero-order valence-electron chi connectivity index (χ0n) is 21.5. The maximum absolute atomic E-state index is 12.7. The molecule has 1 aliphatic heterocycles. The minimum atomic E-state index is 0.164. The van der Waals surface area contributed by atoms with Crippen LogP contribution < -0.4 is 10.1 Å². The number of nitrogens with zero attached hydrogens (tertiary/aromatic N) is 1. The highest BCUT2D eigenvalue weighted by Gasteiger charge is 2.31. The van der Waals surface area contributed by atoms with E-state index in [0.717, 1.165) is 48.1 Å². The monoisotopic (exact) mass is 475 g/mol. The molecule has 4 rings (SSSR count). The van der Waals surface area contributed by atoms with E-state index >= 15 is 0 Å². The number of piperidine rings is 1. The van der Waals surface area contributed by atoms with Gasteiger partial charge in [0, 0.05) is 31.7 Å². The summed E-state index contributed by atoms with van der Waals surface area (Å²) < 4.78 is 7.21. The second kappa shape index (κ2) is 12.9. The van der Waals surface area contributed by atoms with E-state index in [1.165, 1.54) is 44.2 Å². The van der Waals surface area contributed by atoms with Crippen molar-refractivity contribution in [1.82, 2.24) is 5.32 Å². The first-order valence-corrected chi connectivity index (χ1v) is 13.7. The molecule has 188 valence electrons. The van der Waals surface area contributed by atoms with Gasteiger partial charge in [-0.25, -0.2) is 0 Å². The molecule has 4 nitrogen and oxygen atoms in total. The Morgan fingerprint density at radius 3 is 2.57 bits per heavy atom. The normalized spacial score (nSPS) is 22.7. The molecular weight excluding hydrogens is 432 g/mol. The molecule has 35 heavy (non-hydrogen) atoms. The molecule has 2 aliphatic rings. The van der Waals surface area contributed by atoms with Crippen molar-refractivity contribution < 1.29 is 14.0 Å². The van der Waals surface area contributed by atoms with Gasteiger partial charge >= 0.3 is 0 Å². The van der Waals surface area contributed by atoms with Gasteiger partial charge in [-0.15, -0.1) is 0 Å². The molecule has 0 unspecified atom stereocenters. The van der Waals surface area contributed by atoms with Crippen molar-refractivity contribution in [3.63, 3.8) is 0 Å². The van der Waals surface area contributed by atoms with Crippen LogP contribution in [-0.2, 0) is 17.6 Å². The largest absolute Gasteiger partial charge is 0.493 e. The van der Waals surface area contributed by atoms with Crippen LogP contribution in [0.15, 0.2) is 66.2 Å². The molecule has 0 radical (unpaired) electrons. The summed E-state index contributed by atoms with van der Waals surface area (Å²) in [6, 6.07) is 18.8. The lowest BCUT2D eigenvalue weighted by atomic mass is 10.00. The third kappa shape index (κ3) is 8.24. The van der Waals surface area contributed by atoms with Gasteiger partial charge in [0.1, 0.15) is 12.3 Å². The average Bonchev–Trinajstić information content (AvgIpc) is 3.14. The van der Waals surface area contributed by atoms with E-state index in [2.05, 4.69) is 48.8 Å². The summed E-state index contributed by atoms with van der Waals surface area (Å²) >= 11 is 0. The number of likely N-dealkylation sites (N-methyl/N-ethyl adjacent to an activating group) is 1. The smallest absolute Gasteiger partial charge is 0.220 e. The number of para-hydroxylation sites is 1. The number of carbonyl (C=O) groups excluding carboxylic acids is 1. The number of amides is 1. The van der Waals surface area contributed by atoms with Crippen molar-refractivity contribution in [3.8, 4) is 5.75 Å². The quantitative estimate of drug-likeness (QED) is 0.345. The molecule has 1 amide bonds. The fourth-order valence-electron chi connectivity index (χ4n) is 5.53. The van der Waals surface area contributed by atoms with Crippen molar-refractivity contribution in [2.75, 3.05) is 33.3 Å². The van der Waals surface area contributed by atoms with Crippen LogP contribution in [0.25, 0.3) is 0 Å². The SMILES string of the molecule is C[N+]1(CC2=CCCCCC2)CCC(NC(=O)CCc2ccccc2OCCc2ccccc2)CC1. The Kier molecular flexibility index (Phi) is 9.42. The van der Waals surface area contributed by atoms with Gasteiger partial charge in [-0.3, -0.25) is 4.79 Å². The highest BCUT2D eigenvalue weighted by Crippen LogP contribution is 2.24. The van der Waals surface area contributed by atoms with Gasteiger partial charge in [0.05, 0.1) is 26.7 Å². The van der Waals surface area contributed by atoms with Gasteiger partial charge in [0.2, 0.25) is 5.91 Å². The Bertz CT molecular complexity index is 961. The summed E-state index contributed by atoms with van der Waals surface area (Å²) in [5.74, 6) is 1.06. The number of likely N-dealkylation sites (tertiary alicyclic amines) is 1. The zero-order valence-corrected chi connectivity index (χ0v) is 21.5. The molecule has 1 aliphatic carbocycles. The number of nitrogens with one attached hydrogen (secondary N) is 1. The predicted molar refractivity (Wildman–Crippen MR) is 144 cm³/mol. The number of rotatable bonds is 10. The number of hydrogen-bond acceptors (Lipinski definition) is 2. The van der Waals surface area contributed by atoms with Gasteiger partial charge in [0.25, 0.3) is 0 Å². The Balaban J connectivity index is 1.19. The Morgan fingerprint density at radius 2 is 1.74 bits per heavy atom. The minimum Gasteiger partial charge on any atom is -0.493 e. The molecule has 0 saturated carbocycles. The van der Waals surface area contributed by atoms with E-state index in [-0.39, 0.29) is 5.91 Å². The third-order valence-electron chi connectivity index (χ3n) is 7.70. The van der Waals surface area contributed by atoms with Gasteiger partial charge in [0.15, 0.2) is 0 Å². The molecular formula is C31H43N2O2+. The van der Waals surface area contributed by atoms with Crippen molar-refractivity contribution in [1.29, 1.82) is 0 Å². The van der Waals surface area contributed by atoms with Gasteiger partial charge in [-0.05, 0) is 54.9 Å². The Hall–Kier alpha value is -2.59. The first-order valence-electron chi connectivity index (χ1n) is 13.7. The van der Waals surface area contributed by atoms with E-state index < -0.39 is 0 Å². The summed E-state index contributed by atoms with van der Waals surface area (Å²) in [6.07, 6.45) is 13.4. The number of benzene rings is 2. The van der Waals surface area contributed by atoms with E-state index in [9.17, 15) is 4.79 Å². The summed E-state index contributed by atoms with van der Waals surface area (Å²) in [6.45, 7) is 4.14. The van der Waals surface area contributed by atoms with Crippen molar-refractivity contribution in [2.45, 2.75) is 70.3 Å². The molecule has 1 saturated heterocycles. The van der Waals surface area contributed by atoms with Crippen LogP contribution in [-0.4, -0.2) is 49.7 Å². The number of ether oxygens (including phenoxy) is 1. The maximum atomic E-state index is 12.7. The standard InChI is InChI=1S/C31H42N2O2/c1-33(25-27-13-5-2-3-6-14-27)22-19-29(20-23-33)32-31(34)18-17-28-15-9-10-16-30(28)35-24-21-26-11-7-4-8-12-26/h4,7-13,15-16,29H,2-3,5-6,14,17-25H2,1H3/p+1. The van der Waals surface area contributed by atoms with Crippen LogP contribution in [0, 0.1) is 0 Å². The number of allylic oxidation sites excluding steroid dienone is 1. The van der Waals surface area contributed by atoms with Crippen LogP contribution in [0.5, 0.6) is 5.75 Å². The lowest BCUT2D eigenvalue weighted by Gasteiger charge is -2.41. The summed E-state index contributed by atoms with van der Waals surface area (Å²) in [4.78, 5) is 12.7. The average molecular weight is 476 g/mol. The van der Waals surface area contributed by atoms with E-state index in [1.54, 1.807) is 5.57 Å². The van der Waals surface area contributed by atoms with Crippen LogP contribution in [0.2, 0.25) is 0 Å². The van der Waals surface area contributed by atoms with Crippen LogP contribution >= 0.6 is 0 Å². The molecule has 2 aromatic carbocycles. The molecule has 0 atom stereocenters. The van der Waals surface area contributed by atoms with Crippen molar-refractivity contribution in [2.24, 2.45) is 0 Å². The second-order valence-corrected chi connectivity index (χ2v) is 10.7. The molecule has 4 heteroatoms. The fraction of sp³-hybridized carbons (Fsp3) is 0.516. The second-order valence-electron chi connectivity index (χ2n) is 10.7. The molecule has 1 fully saturated rings. The predicted octanol–water partition coefficient (Wildman–Crippen LogP) is 5.86. The van der Waals surface area contributed by atoms with Crippen LogP contribution in [0.1, 0.15) is 62.5 Å². The van der Waals surface area contributed by atoms with Crippen molar-refractivity contribution in [3.05, 3.63) is 77.4 Å². The molecule has 1 heterocycles. The third-order valence-corrected chi connectivity index (χ3v) is 7.70. The zero-order chi connectivity index (χ0) is 24.3.